The summed E-state index contributed by atoms with van der Waals surface area (Å²) >= 11 is 0. The Morgan fingerprint density at radius 1 is 1.73 bits per heavy atom. The van der Waals surface area contributed by atoms with Gasteiger partial charge in [0, 0.05) is 0 Å². The summed E-state index contributed by atoms with van der Waals surface area (Å²) in [5.41, 5.74) is 0. The molecule has 0 aromatic heterocycles. The van der Waals surface area contributed by atoms with E-state index in [4.69, 9.17) is 0 Å². The second-order valence-corrected chi connectivity index (χ2v) is 2.90. The Labute approximate surface area is 65.1 Å². The van der Waals surface area contributed by atoms with Gasteiger partial charge < -0.3 is 4.74 Å². The molecule has 0 radical (unpaired) electrons. The van der Waals surface area contributed by atoms with Crippen LogP contribution in [0.5, 0.6) is 0 Å². The summed E-state index contributed by atoms with van der Waals surface area (Å²) in [6, 6.07) is -0.382. The summed E-state index contributed by atoms with van der Waals surface area (Å²) in [7, 11) is 0. The van der Waals surface area contributed by atoms with E-state index >= 15 is 0 Å². The smallest absolute Gasteiger partial charge is 0.330 e. The highest BCUT2D eigenvalue weighted by molar-refractivity contribution is 5.80. The maximum absolute atomic E-state index is 11.0. The molecule has 0 N–H and O–H groups in total. The third-order valence-electron chi connectivity index (χ3n) is 1.72. The molecule has 0 saturated carbocycles. The van der Waals surface area contributed by atoms with Crippen LogP contribution in [0.25, 0.3) is 0 Å². The van der Waals surface area contributed by atoms with Crippen LogP contribution >= 0.6 is 0 Å². The number of carbonyl (C=O) groups is 2. The molecule has 0 aromatic carbocycles. The van der Waals surface area contributed by atoms with Crippen molar-refractivity contribution in [3.8, 4) is 0 Å². The molecule has 1 aliphatic heterocycles. The predicted octanol–water partition coefficient (Wildman–Crippen LogP) is -0.0163. The molecule has 0 spiro atoms. The zero-order chi connectivity index (χ0) is 8.43. The van der Waals surface area contributed by atoms with E-state index in [2.05, 4.69) is 4.74 Å². The van der Waals surface area contributed by atoms with Gasteiger partial charge in [-0.25, -0.2) is 4.79 Å². The summed E-state index contributed by atoms with van der Waals surface area (Å²) in [5, 5.41) is 0. The van der Waals surface area contributed by atoms with E-state index in [-0.39, 0.29) is 24.7 Å². The monoisotopic (exact) mass is 157 g/mol. The van der Waals surface area contributed by atoms with Crippen molar-refractivity contribution in [2.75, 3.05) is 6.73 Å². The molecule has 0 aromatic rings. The lowest BCUT2D eigenvalue weighted by atomic mass is 10.0. The Balaban J connectivity index is 2.71. The Hall–Kier alpha value is -1.06. The lowest BCUT2D eigenvalue weighted by molar-refractivity contribution is -0.140. The molecule has 1 aliphatic rings. The van der Waals surface area contributed by atoms with Crippen molar-refractivity contribution >= 4 is 12.4 Å². The number of amides is 1. The third kappa shape index (κ3) is 1.34. The summed E-state index contributed by atoms with van der Waals surface area (Å²) in [6.07, 6.45) is 0.648. The van der Waals surface area contributed by atoms with E-state index in [1.807, 2.05) is 13.8 Å². The van der Waals surface area contributed by atoms with Crippen LogP contribution in [0.3, 0.4) is 0 Å². The molecule has 1 heterocycles. The van der Waals surface area contributed by atoms with Gasteiger partial charge in [0.15, 0.2) is 6.73 Å². The Kier molecular flexibility index (Phi) is 2.12. The van der Waals surface area contributed by atoms with Crippen molar-refractivity contribution < 1.29 is 14.3 Å². The van der Waals surface area contributed by atoms with Crippen LogP contribution in [-0.2, 0) is 14.3 Å². The molecule has 4 nitrogen and oxygen atoms in total. The van der Waals surface area contributed by atoms with E-state index in [9.17, 15) is 9.59 Å². The molecule has 0 unspecified atom stereocenters. The molecular weight excluding hydrogens is 146 g/mol. The summed E-state index contributed by atoms with van der Waals surface area (Å²) in [5.74, 6) is -0.178. The SMILES string of the molecule is CC(C)[C@H]1C(=O)OCN1C=O. The number of esters is 1. The lowest BCUT2D eigenvalue weighted by Crippen LogP contribution is -2.36. The number of hydrogen-bond acceptors (Lipinski definition) is 3. The number of ether oxygens (including phenoxy) is 1. The standard InChI is InChI=1S/C7H11NO3/c1-5(2)6-7(10)11-4-8(6)3-9/h3,5-6H,4H2,1-2H3/t6-/m0/s1. The topological polar surface area (TPSA) is 46.6 Å². The van der Waals surface area contributed by atoms with Crippen LogP contribution < -0.4 is 0 Å². The fraction of sp³-hybridized carbons (Fsp3) is 0.714. The Morgan fingerprint density at radius 3 is 2.73 bits per heavy atom. The predicted molar refractivity (Wildman–Crippen MR) is 37.5 cm³/mol. The van der Waals surface area contributed by atoms with Crippen molar-refractivity contribution in [3.05, 3.63) is 0 Å². The summed E-state index contributed by atoms with van der Waals surface area (Å²) < 4.78 is 4.69. The van der Waals surface area contributed by atoms with Gasteiger partial charge in [0.1, 0.15) is 6.04 Å². The summed E-state index contributed by atoms with van der Waals surface area (Å²) in [6.45, 7) is 3.87. The van der Waals surface area contributed by atoms with E-state index in [0.29, 0.717) is 6.41 Å². The molecule has 11 heavy (non-hydrogen) atoms. The van der Waals surface area contributed by atoms with Gasteiger partial charge in [-0.15, -0.1) is 0 Å². The number of nitrogens with zero attached hydrogens (tertiary/aromatic N) is 1. The van der Waals surface area contributed by atoms with E-state index in [0.717, 1.165) is 0 Å². The maximum Gasteiger partial charge on any atom is 0.330 e. The first-order valence-corrected chi connectivity index (χ1v) is 3.54. The first-order chi connectivity index (χ1) is 5.16. The van der Waals surface area contributed by atoms with Gasteiger partial charge in [0.2, 0.25) is 6.41 Å². The zero-order valence-electron chi connectivity index (χ0n) is 6.61. The molecule has 1 fully saturated rings. The minimum atomic E-state index is -0.382. The van der Waals surface area contributed by atoms with Gasteiger partial charge >= 0.3 is 5.97 Å². The quantitative estimate of drug-likeness (QED) is 0.418. The number of cyclic esters (lactones) is 1. The number of rotatable bonds is 2. The van der Waals surface area contributed by atoms with Crippen molar-refractivity contribution in [2.24, 2.45) is 5.92 Å². The van der Waals surface area contributed by atoms with E-state index in [1.165, 1.54) is 4.90 Å². The molecule has 1 amide bonds. The van der Waals surface area contributed by atoms with Crippen LogP contribution in [-0.4, -0.2) is 30.1 Å². The minimum Gasteiger partial charge on any atom is -0.443 e. The number of carbonyl (C=O) groups excluding carboxylic acids is 2. The molecule has 1 saturated heterocycles. The molecule has 1 rings (SSSR count). The Bertz CT molecular complexity index is 179. The second-order valence-electron chi connectivity index (χ2n) is 2.90. The molecule has 0 aliphatic carbocycles. The zero-order valence-corrected chi connectivity index (χ0v) is 6.61. The third-order valence-corrected chi connectivity index (χ3v) is 1.72. The highest BCUT2D eigenvalue weighted by atomic mass is 16.6. The van der Waals surface area contributed by atoms with Crippen molar-refractivity contribution in [3.63, 3.8) is 0 Å². The van der Waals surface area contributed by atoms with Crippen molar-refractivity contribution in [2.45, 2.75) is 19.9 Å². The van der Waals surface area contributed by atoms with Crippen molar-refractivity contribution in [1.82, 2.24) is 4.90 Å². The van der Waals surface area contributed by atoms with Gasteiger partial charge in [-0.1, -0.05) is 13.8 Å². The first-order valence-electron chi connectivity index (χ1n) is 3.54. The van der Waals surface area contributed by atoms with Gasteiger partial charge in [0.25, 0.3) is 0 Å². The highest BCUT2D eigenvalue weighted by Crippen LogP contribution is 2.16. The van der Waals surface area contributed by atoms with Crippen LogP contribution in [0.1, 0.15) is 13.8 Å². The maximum atomic E-state index is 11.0. The van der Waals surface area contributed by atoms with Crippen LogP contribution in [0, 0.1) is 5.92 Å². The highest BCUT2D eigenvalue weighted by Gasteiger charge is 2.35. The molecular formula is C7H11NO3. The Morgan fingerprint density at radius 2 is 2.36 bits per heavy atom. The van der Waals surface area contributed by atoms with Gasteiger partial charge in [-0.3, -0.25) is 9.69 Å². The fourth-order valence-corrected chi connectivity index (χ4v) is 1.19. The first kappa shape index (κ1) is 8.04. The fourth-order valence-electron chi connectivity index (χ4n) is 1.19. The number of hydrogen-bond donors (Lipinski definition) is 0. The van der Waals surface area contributed by atoms with Crippen LogP contribution in [0.4, 0.5) is 0 Å². The second kappa shape index (κ2) is 2.90. The van der Waals surface area contributed by atoms with E-state index < -0.39 is 0 Å². The minimum absolute atomic E-state index is 0.102. The summed E-state index contributed by atoms with van der Waals surface area (Å²) in [4.78, 5) is 22.7. The van der Waals surface area contributed by atoms with Gasteiger partial charge in [0.05, 0.1) is 0 Å². The molecule has 0 bridgehead atoms. The molecule has 4 heteroatoms. The average Bonchev–Trinajstić information content (AvgIpc) is 2.30. The largest absolute Gasteiger partial charge is 0.443 e. The van der Waals surface area contributed by atoms with Crippen molar-refractivity contribution in [1.29, 1.82) is 0 Å². The molecule has 62 valence electrons. The normalized spacial score (nSPS) is 24.1. The van der Waals surface area contributed by atoms with Crippen LogP contribution in [0.2, 0.25) is 0 Å². The van der Waals surface area contributed by atoms with Crippen LogP contribution in [0.15, 0.2) is 0 Å². The van der Waals surface area contributed by atoms with E-state index in [1.54, 1.807) is 0 Å². The molecule has 1 atom stereocenters. The van der Waals surface area contributed by atoms with Gasteiger partial charge in [-0.2, -0.15) is 0 Å². The van der Waals surface area contributed by atoms with Gasteiger partial charge in [-0.05, 0) is 5.92 Å². The lowest BCUT2D eigenvalue weighted by Gasteiger charge is -2.17. The average molecular weight is 157 g/mol.